The summed E-state index contributed by atoms with van der Waals surface area (Å²) in [5.41, 5.74) is 7.47. The molecule has 6 nitrogen and oxygen atoms in total. The maximum atomic E-state index is 13.1. The second-order valence-electron chi connectivity index (χ2n) is 7.34. The predicted molar refractivity (Wildman–Crippen MR) is 134 cm³/mol. The van der Waals surface area contributed by atoms with Crippen LogP contribution in [0.15, 0.2) is 106 Å². The van der Waals surface area contributed by atoms with E-state index >= 15 is 0 Å². The first kappa shape index (κ1) is 21.4. The van der Waals surface area contributed by atoms with Crippen molar-refractivity contribution >= 4 is 22.7 Å². The van der Waals surface area contributed by atoms with Crippen molar-refractivity contribution in [2.75, 3.05) is 5.43 Å². The molecule has 0 aliphatic heterocycles. The van der Waals surface area contributed by atoms with E-state index < -0.39 is 0 Å². The first-order valence-corrected chi connectivity index (χ1v) is 11.3. The molecule has 0 spiro atoms. The smallest absolute Gasteiger partial charge is 0.267 e. The van der Waals surface area contributed by atoms with E-state index in [2.05, 4.69) is 20.6 Å². The van der Waals surface area contributed by atoms with Crippen LogP contribution in [0, 0.1) is 5.82 Å². The van der Waals surface area contributed by atoms with Gasteiger partial charge in [-0.25, -0.2) is 9.37 Å². The molecule has 0 unspecified atom stereocenters. The van der Waals surface area contributed by atoms with Crippen molar-refractivity contribution in [3.63, 3.8) is 0 Å². The first-order chi connectivity index (χ1) is 16.7. The van der Waals surface area contributed by atoms with Gasteiger partial charge in [-0.05, 0) is 48.0 Å². The molecule has 2 heterocycles. The maximum Gasteiger partial charge on any atom is 0.271 e. The number of hydrogen-bond acceptors (Lipinski definition) is 6. The van der Waals surface area contributed by atoms with Crippen molar-refractivity contribution in [2.24, 2.45) is 5.10 Å². The monoisotopic (exact) mass is 467 g/mol. The Morgan fingerprint density at radius 2 is 1.59 bits per heavy atom. The lowest BCUT2D eigenvalue weighted by Gasteiger charge is -2.07. The van der Waals surface area contributed by atoms with Gasteiger partial charge in [0.1, 0.15) is 5.82 Å². The number of aromatic nitrogens is 3. The summed E-state index contributed by atoms with van der Waals surface area (Å²) in [7, 11) is 0. The Morgan fingerprint density at radius 3 is 2.35 bits per heavy atom. The van der Waals surface area contributed by atoms with Crippen LogP contribution in [0.3, 0.4) is 0 Å². The molecule has 0 fully saturated rings. The number of nitrogens with zero attached hydrogens (tertiary/aromatic N) is 4. The lowest BCUT2D eigenvalue weighted by Crippen LogP contribution is -2.20. The topological polar surface area (TPSA) is 72.2 Å². The summed E-state index contributed by atoms with van der Waals surface area (Å²) in [4.78, 5) is 16.8. The summed E-state index contributed by atoms with van der Waals surface area (Å²) in [6.07, 6.45) is 1.67. The van der Waals surface area contributed by atoms with Crippen LogP contribution in [0.25, 0.3) is 28.2 Å². The van der Waals surface area contributed by atoms with Crippen LogP contribution in [0.5, 0.6) is 0 Å². The maximum absolute atomic E-state index is 13.1. The number of benzene rings is 3. The molecule has 0 bridgehead atoms. The molecule has 34 heavy (non-hydrogen) atoms. The number of hydrogen-bond donors (Lipinski definition) is 1. The minimum atomic E-state index is -0.280. The van der Waals surface area contributed by atoms with Gasteiger partial charge in [-0.2, -0.15) is 14.9 Å². The average molecular weight is 468 g/mol. The molecule has 0 saturated carbocycles. The average Bonchev–Trinajstić information content (AvgIpc) is 3.35. The van der Waals surface area contributed by atoms with Gasteiger partial charge in [0, 0.05) is 22.6 Å². The van der Waals surface area contributed by atoms with Gasteiger partial charge in [0.25, 0.3) is 5.56 Å². The molecule has 0 aliphatic rings. The minimum Gasteiger partial charge on any atom is -0.267 e. The molecule has 2 aromatic heterocycles. The van der Waals surface area contributed by atoms with E-state index in [0.29, 0.717) is 10.8 Å². The van der Waals surface area contributed by atoms with Gasteiger partial charge >= 0.3 is 0 Å². The highest BCUT2D eigenvalue weighted by Crippen LogP contribution is 2.25. The van der Waals surface area contributed by atoms with E-state index in [0.717, 1.165) is 28.1 Å². The third kappa shape index (κ3) is 4.82. The van der Waals surface area contributed by atoms with Crippen LogP contribution < -0.4 is 11.0 Å². The number of rotatable bonds is 6. The highest BCUT2D eigenvalue weighted by atomic mass is 32.1. The fraction of sp³-hybridized carbons (Fsp3) is 0. The molecule has 8 heteroatoms. The summed E-state index contributed by atoms with van der Waals surface area (Å²) in [5.74, 6) is -0.280. The third-order valence-corrected chi connectivity index (χ3v) is 5.77. The Hall–Kier alpha value is -4.43. The van der Waals surface area contributed by atoms with Crippen molar-refractivity contribution in [3.8, 4) is 28.2 Å². The molecular weight excluding hydrogens is 449 g/mol. The van der Waals surface area contributed by atoms with Gasteiger partial charge in [0.2, 0.25) is 5.13 Å². The summed E-state index contributed by atoms with van der Waals surface area (Å²) in [6, 6.07) is 26.5. The van der Waals surface area contributed by atoms with Crippen LogP contribution >= 0.6 is 11.3 Å². The quantitative estimate of drug-likeness (QED) is 0.260. The highest BCUT2D eigenvalue weighted by Gasteiger charge is 2.06. The summed E-state index contributed by atoms with van der Waals surface area (Å²) >= 11 is 1.41. The Bertz CT molecular complexity index is 1490. The van der Waals surface area contributed by atoms with Gasteiger partial charge in [0.15, 0.2) is 0 Å². The zero-order valence-electron chi connectivity index (χ0n) is 17.8. The summed E-state index contributed by atoms with van der Waals surface area (Å²) in [5, 5.41) is 11.3. The highest BCUT2D eigenvalue weighted by molar-refractivity contribution is 7.14. The summed E-state index contributed by atoms with van der Waals surface area (Å²) < 4.78 is 14.5. The molecule has 0 amide bonds. The zero-order valence-corrected chi connectivity index (χ0v) is 18.6. The van der Waals surface area contributed by atoms with Crippen LogP contribution in [0.4, 0.5) is 9.52 Å². The Morgan fingerprint density at radius 1 is 0.853 bits per heavy atom. The molecule has 0 atom stereocenters. The van der Waals surface area contributed by atoms with Crippen LogP contribution in [0.1, 0.15) is 5.56 Å². The van der Waals surface area contributed by atoms with Crippen molar-refractivity contribution < 1.29 is 4.39 Å². The Kier molecular flexibility index (Phi) is 6.05. The van der Waals surface area contributed by atoms with Crippen molar-refractivity contribution in [3.05, 3.63) is 118 Å². The molecule has 1 N–H and O–H groups in total. The molecule has 0 aliphatic carbocycles. The van der Waals surface area contributed by atoms with Gasteiger partial charge in [0.05, 0.1) is 23.3 Å². The molecule has 166 valence electrons. The van der Waals surface area contributed by atoms with Crippen LogP contribution in [0.2, 0.25) is 0 Å². The molecule has 0 saturated heterocycles. The van der Waals surface area contributed by atoms with E-state index in [-0.39, 0.29) is 11.4 Å². The van der Waals surface area contributed by atoms with Crippen molar-refractivity contribution in [1.82, 2.24) is 14.8 Å². The number of thiazole rings is 1. The van der Waals surface area contributed by atoms with Gasteiger partial charge in [-0.3, -0.25) is 10.2 Å². The second kappa shape index (κ2) is 9.60. The van der Waals surface area contributed by atoms with E-state index in [9.17, 15) is 9.18 Å². The fourth-order valence-corrected chi connectivity index (χ4v) is 3.97. The van der Waals surface area contributed by atoms with E-state index in [4.69, 9.17) is 0 Å². The lowest BCUT2D eigenvalue weighted by atomic mass is 10.1. The van der Waals surface area contributed by atoms with Gasteiger partial charge < -0.3 is 0 Å². The molecule has 3 aromatic carbocycles. The van der Waals surface area contributed by atoms with Crippen LogP contribution in [-0.2, 0) is 0 Å². The van der Waals surface area contributed by atoms with E-state index in [1.807, 2.05) is 60.0 Å². The Labute approximate surface area is 198 Å². The van der Waals surface area contributed by atoms with E-state index in [1.54, 1.807) is 24.4 Å². The van der Waals surface area contributed by atoms with Crippen LogP contribution in [-0.4, -0.2) is 21.0 Å². The van der Waals surface area contributed by atoms with Gasteiger partial charge in [-0.1, -0.05) is 42.5 Å². The molecule has 0 radical (unpaired) electrons. The number of halogens is 1. The molecule has 5 aromatic rings. The summed E-state index contributed by atoms with van der Waals surface area (Å²) in [6.45, 7) is 0. The van der Waals surface area contributed by atoms with Gasteiger partial charge in [-0.15, -0.1) is 11.3 Å². The fourth-order valence-electron chi connectivity index (χ4n) is 3.30. The minimum absolute atomic E-state index is 0.205. The predicted octanol–water partition coefficient (Wildman–Crippen LogP) is 5.61. The van der Waals surface area contributed by atoms with Crippen molar-refractivity contribution in [2.45, 2.75) is 0 Å². The van der Waals surface area contributed by atoms with E-state index in [1.165, 1.54) is 34.2 Å². The zero-order chi connectivity index (χ0) is 23.3. The number of anilines is 1. The lowest BCUT2D eigenvalue weighted by molar-refractivity contribution is 0.628. The standard InChI is InChI=1S/C26H18FN5OS/c27-21-10-8-20(9-11-21)24-17-34-26(29-24)30-28-16-18-6-12-22(13-7-18)32-25(33)15-14-23(31-32)19-4-2-1-3-5-19/h1-17H,(H,29,30). The third-order valence-electron chi connectivity index (χ3n) is 5.03. The molecular formula is C26H18FN5OS. The normalized spacial score (nSPS) is 11.1. The molecule has 5 rings (SSSR count). The van der Waals surface area contributed by atoms with Crippen molar-refractivity contribution in [1.29, 1.82) is 0 Å². The second-order valence-corrected chi connectivity index (χ2v) is 8.20. The number of nitrogens with one attached hydrogen (secondary N) is 1. The first-order valence-electron chi connectivity index (χ1n) is 10.4. The Balaban J connectivity index is 1.28. The SMILES string of the molecule is O=c1ccc(-c2ccccc2)nn1-c1ccc(C=NNc2nc(-c3ccc(F)cc3)cs2)cc1. The largest absolute Gasteiger partial charge is 0.271 e. The number of hydrazone groups is 1.